The number of benzene rings is 1. The second-order valence-corrected chi connectivity index (χ2v) is 4.45. The third kappa shape index (κ3) is 1.18. The molecule has 1 aromatic carbocycles. The predicted molar refractivity (Wildman–Crippen MR) is 59.0 cm³/mol. The molecule has 0 amide bonds. The van der Waals surface area contributed by atoms with Crippen molar-refractivity contribution in [2.24, 2.45) is 0 Å². The lowest BCUT2D eigenvalue weighted by atomic mass is 10.2. The van der Waals surface area contributed by atoms with Gasteiger partial charge in [-0.1, -0.05) is 6.07 Å². The van der Waals surface area contributed by atoms with E-state index in [2.05, 4.69) is 53.1 Å². The van der Waals surface area contributed by atoms with Crippen LogP contribution in [-0.2, 0) is 0 Å². The molecule has 11 heavy (non-hydrogen) atoms. The van der Waals surface area contributed by atoms with Crippen molar-refractivity contribution in [3.8, 4) is 0 Å². The van der Waals surface area contributed by atoms with Crippen LogP contribution in [-0.4, -0.2) is 0 Å². The maximum absolute atomic E-state index is 3.98. The van der Waals surface area contributed by atoms with Crippen LogP contribution in [0.15, 0.2) is 23.6 Å². The van der Waals surface area contributed by atoms with Crippen LogP contribution in [0.2, 0.25) is 0 Å². The first-order valence-electron chi connectivity index (χ1n) is 3.27. The Morgan fingerprint density at radius 3 is 2.91 bits per heavy atom. The third-order valence-electron chi connectivity index (χ3n) is 1.62. The summed E-state index contributed by atoms with van der Waals surface area (Å²) in [5.41, 5.74) is 1.15. The SMILES string of the molecule is [CH2]c1csc2cccc(I)c12. The van der Waals surface area contributed by atoms with Crippen LogP contribution >= 0.6 is 33.9 Å². The lowest BCUT2D eigenvalue weighted by molar-refractivity contribution is 1.74. The summed E-state index contributed by atoms with van der Waals surface area (Å²) in [7, 11) is 0. The molecule has 2 aromatic rings. The molecule has 0 aliphatic rings. The van der Waals surface area contributed by atoms with Gasteiger partial charge in [-0.3, -0.25) is 0 Å². The monoisotopic (exact) mass is 273 g/mol. The first-order valence-corrected chi connectivity index (χ1v) is 5.22. The molecule has 0 unspecified atom stereocenters. The lowest BCUT2D eigenvalue weighted by Gasteiger charge is -1.93. The molecule has 0 saturated heterocycles. The van der Waals surface area contributed by atoms with E-state index < -0.39 is 0 Å². The summed E-state index contributed by atoms with van der Waals surface area (Å²) in [6.45, 7) is 3.98. The Morgan fingerprint density at radius 2 is 2.18 bits per heavy atom. The van der Waals surface area contributed by atoms with Gasteiger partial charge in [0.05, 0.1) is 0 Å². The molecule has 0 aliphatic carbocycles. The summed E-state index contributed by atoms with van der Waals surface area (Å²) < 4.78 is 2.63. The first-order chi connectivity index (χ1) is 5.29. The maximum atomic E-state index is 3.98. The van der Waals surface area contributed by atoms with Crippen molar-refractivity contribution in [1.82, 2.24) is 0 Å². The number of rotatable bonds is 0. The van der Waals surface area contributed by atoms with Crippen molar-refractivity contribution in [2.45, 2.75) is 0 Å². The van der Waals surface area contributed by atoms with E-state index in [0.717, 1.165) is 5.56 Å². The molecule has 0 nitrogen and oxygen atoms in total. The molecule has 0 fully saturated rings. The molecule has 0 aliphatic heterocycles. The van der Waals surface area contributed by atoms with Crippen LogP contribution in [0.25, 0.3) is 10.1 Å². The van der Waals surface area contributed by atoms with E-state index in [4.69, 9.17) is 0 Å². The number of hydrogen-bond acceptors (Lipinski definition) is 1. The smallest absolute Gasteiger partial charge is 0.0356 e. The van der Waals surface area contributed by atoms with Crippen molar-refractivity contribution in [3.05, 3.63) is 39.6 Å². The van der Waals surface area contributed by atoms with Crippen molar-refractivity contribution in [2.75, 3.05) is 0 Å². The molecule has 0 saturated carbocycles. The average molecular weight is 273 g/mol. The Morgan fingerprint density at radius 1 is 1.36 bits per heavy atom. The topological polar surface area (TPSA) is 0 Å². The van der Waals surface area contributed by atoms with E-state index in [1.54, 1.807) is 11.3 Å². The van der Waals surface area contributed by atoms with Gasteiger partial charge in [0.15, 0.2) is 0 Å². The molecule has 0 spiro atoms. The number of fused-ring (bicyclic) bond motifs is 1. The highest BCUT2D eigenvalue weighted by Crippen LogP contribution is 2.28. The Kier molecular flexibility index (Phi) is 1.89. The second kappa shape index (κ2) is 2.75. The Bertz CT molecular complexity index is 389. The summed E-state index contributed by atoms with van der Waals surface area (Å²) in [5.74, 6) is 0. The number of thiophene rings is 1. The minimum atomic E-state index is 1.15. The third-order valence-corrected chi connectivity index (χ3v) is 3.52. The Balaban J connectivity index is 2.96. The quantitative estimate of drug-likeness (QED) is 0.642. The molecule has 2 heteroatoms. The van der Waals surface area contributed by atoms with E-state index in [0.29, 0.717) is 0 Å². The maximum Gasteiger partial charge on any atom is 0.0356 e. The van der Waals surface area contributed by atoms with Gasteiger partial charge in [0.2, 0.25) is 0 Å². The lowest BCUT2D eigenvalue weighted by Crippen LogP contribution is -1.72. The zero-order valence-electron chi connectivity index (χ0n) is 5.80. The van der Waals surface area contributed by atoms with E-state index in [1.165, 1.54) is 13.7 Å². The first kappa shape index (κ1) is 7.55. The number of hydrogen-bond donors (Lipinski definition) is 0. The normalized spacial score (nSPS) is 10.7. The Hall–Kier alpha value is -0.0900. The van der Waals surface area contributed by atoms with Crippen LogP contribution in [0.1, 0.15) is 5.56 Å². The fourth-order valence-corrected chi connectivity index (χ4v) is 3.04. The highest BCUT2D eigenvalue weighted by atomic mass is 127. The van der Waals surface area contributed by atoms with Crippen molar-refractivity contribution in [3.63, 3.8) is 0 Å². The fraction of sp³-hybridized carbons (Fsp3) is 0. The van der Waals surface area contributed by atoms with E-state index in [-0.39, 0.29) is 0 Å². The minimum Gasteiger partial charge on any atom is -0.143 e. The average Bonchev–Trinajstić information content (AvgIpc) is 2.34. The van der Waals surface area contributed by atoms with Crippen LogP contribution in [0.3, 0.4) is 0 Å². The van der Waals surface area contributed by atoms with Gasteiger partial charge in [-0.05, 0) is 52.6 Å². The van der Waals surface area contributed by atoms with Gasteiger partial charge in [0.25, 0.3) is 0 Å². The standard InChI is InChI=1S/C9H6IS/c1-6-5-11-8-4-2-3-7(10)9(6)8/h2-5H,1H2. The van der Waals surface area contributed by atoms with E-state index in [9.17, 15) is 0 Å². The van der Waals surface area contributed by atoms with Crippen LogP contribution in [0, 0.1) is 10.5 Å². The molecule has 1 heterocycles. The highest BCUT2D eigenvalue weighted by Gasteiger charge is 2.01. The molecule has 0 atom stereocenters. The van der Waals surface area contributed by atoms with Gasteiger partial charge < -0.3 is 0 Å². The van der Waals surface area contributed by atoms with E-state index >= 15 is 0 Å². The molecule has 0 N–H and O–H groups in total. The molecule has 1 aromatic heterocycles. The highest BCUT2D eigenvalue weighted by molar-refractivity contribution is 14.1. The van der Waals surface area contributed by atoms with Crippen molar-refractivity contribution in [1.29, 1.82) is 0 Å². The summed E-state index contributed by atoms with van der Waals surface area (Å²) in [6.07, 6.45) is 0. The van der Waals surface area contributed by atoms with E-state index in [1.807, 2.05) is 0 Å². The van der Waals surface area contributed by atoms with Crippen molar-refractivity contribution >= 4 is 44.0 Å². The van der Waals surface area contributed by atoms with Gasteiger partial charge >= 0.3 is 0 Å². The Labute approximate surface area is 83.4 Å². The fourth-order valence-electron chi connectivity index (χ4n) is 1.11. The van der Waals surface area contributed by atoms with Crippen LogP contribution < -0.4 is 0 Å². The molecule has 2 rings (SSSR count). The molecule has 55 valence electrons. The number of halogens is 1. The van der Waals surface area contributed by atoms with Gasteiger partial charge in [-0.15, -0.1) is 11.3 Å². The zero-order valence-corrected chi connectivity index (χ0v) is 8.78. The summed E-state index contributed by atoms with van der Waals surface area (Å²) in [6, 6.07) is 6.33. The molecule has 0 bridgehead atoms. The van der Waals surface area contributed by atoms with Gasteiger partial charge in [0, 0.05) is 13.7 Å². The summed E-state index contributed by atoms with van der Waals surface area (Å²) in [4.78, 5) is 0. The van der Waals surface area contributed by atoms with Crippen LogP contribution in [0.4, 0.5) is 0 Å². The largest absolute Gasteiger partial charge is 0.143 e. The molecule has 1 radical (unpaired) electrons. The predicted octanol–water partition coefficient (Wildman–Crippen LogP) is 3.69. The minimum absolute atomic E-state index is 1.15. The molecular weight excluding hydrogens is 267 g/mol. The zero-order chi connectivity index (χ0) is 7.84. The second-order valence-electron chi connectivity index (χ2n) is 2.37. The van der Waals surface area contributed by atoms with Gasteiger partial charge in [-0.25, -0.2) is 0 Å². The van der Waals surface area contributed by atoms with Crippen molar-refractivity contribution < 1.29 is 0 Å². The van der Waals surface area contributed by atoms with Gasteiger partial charge in [-0.2, -0.15) is 0 Å². The van der Waals surface area contributed by atoms with Gasteiger partial charge in [0.1, 0.15) is 0 Å². The summed E-state index contributed by atoms with van der Waals surface area (Å²) in [5, 5.41) is 3.42. The molecular formula is C9H6IS. The van der Waals surface area contributed by atoms with Crippen LogP contribution in [0.5, 0.6) is 0 Å². The summed E-state index contributed by atoms with van der Waals surface area (Å²) >= 11 is 4.11.